The Kier molecular flexibility index (Phi) is 5.22. The van der Waals surface area contributed by atoms with Crippen molar-refractivity contribution in [1.82, 2.24) is 15.3 Å². The van der Waals surface area contributed by atoms with Gasteiger partial charge in [-0.15, -0.1) is 0 Å². The third-order valence-corrected chi connectivity index (χ3v) is 4.04. The number of ether oxygens (including phenoxy) is 1. The minimum absolute atomic E-state index is 0.0266. The monoisotopic (exact) mass is 343 g/mol. The lowest BCUT2D eigenvalue weighted by molar-refractivity contribution is 0.316. The van der Waals surface area contributed by atoms with E-state index >= 15 is 0 Å². The molecule has 2 aromatic rings. The summed E-state index contributed by atoms with van der Waals surface area (Å²) in [7, 11) is -1.89. The van der Waals surface area contributed by atoms with Crippen molar-refractivity contribution in [3.63, 3.8) is 0 Å². The molecule has 1 N–H and O–H groups in total. The molecule has 0 unspecified atom stereocenters. The third-order valence-electron chi connectivity index (χ3n) is 2.96. The van der Waals surface area contributed by atoms with Crippen molar-refractivity contribution in [3.05, 3.63) is 36.3 Å². The maximum Gasteiger partial charge on any atom is 0.177 e. The normalized spacial score (nSPS) is 11.5. The molecule has 6 nitrogen and oxygen atoms in total. The Morgan fingerprint density at radius 2 is 1.96 bits per heavy atom. The topological polar surface area (TPSA) is 81.2 Å². The van der Waals surface area contributed by atoms with Gasteiger partial charge in [-0.2, -0.15) is 0 Å². The smallest absolute Gasteiger partial charge is 0.177 e. The van der Waals surface area contributed by atoms with Crippen LogP contribution < -0.4 is 10.1 Å². The van der Waals surface area contributed by atoms with Crippen LogP contribution in [0.4, 0.5) is 8.78 Å². The number of rotatable bonds is 6. The number of hydrogen-bond acceptors (Lipinski definition) is 6. The van der Waals surface area contributed by atoms with Gasteiger partial charge in [0.1, 0.15) is 18.1 Å². The molecular weight excluding hydrogens is 328 g/mol. The van der Waals surface area contributed by atoms with Gasteiger partial charge in [-0.1, -0.05) is 0 Å². The molecule has 0 radical (unpaired) electrons. The van der Waals surface area contributed by atoms with Crippen LogP contribution in [0, 0.1) is 11.6 Å². The molecule has 0 amide bonds. The molecule has 0 fully saturated rings. The van der Waals surface area contributed by atoms with Gasteiger partial charge in [-0.05, 0) is 13.1 Å². The molecule has 0 spiro atoms. The fourth-order valence-corrected chi connectivity index (χ4v) is 2.39. The van der Waals surface area contributed by atoms with E-state index in [2.05, 4.69) is 15.3 Å². The van der Waals surface area contributed by atoms with E-state index in [9.17, 15) is 17.2 Å². The van der Waals surface area contributed by atoms with Gasteiger partial charge < -0.3 is 10.1 Å². The van der Waals surface area contributed by atoms with Gasteiger partial charge in [0.25, 0.3) is 0 Å². The highest BCUT2D eigenvalue weighted by Crippen LogP contribution is 2.32. The molecule has 124 valence electrons. The molecule has 2 rings (SSSR count). The SMILES string of the molecule is CNCCOc1cncc(F)c1-c1ncc(S(C)(=O)=O)cc1F. The summed E-state index contributed by atoms with van der Waals surface area (Å²) < 4.78 is 56.5. The van der Waals surface area contributed by atoms with E-state index in [4.69, 9.17) is 4.74 Å². The Bertz CT molecular complexity index is 813. The first-order valence-corrected chi connectivity index (χ1v) is 8.50. The molecular formula is C14H15F2N3O3S. The summed E-state index contributed by atoms with van der Waals surface area (Å²) in [5.74, 6) is -1.75. The largest absolute Gasteiger partial charge is 0.490 e. The van der Waals surface area contributed by atoms with Crippen LogP contribution in [0.5, 0.6) is 5.75 Å². The minimum atomic E-state index is -3.61. The van der Waals surface area contributed by atoms with Gasteiger partial charge in [-0.3, -0.25) is 9.97 Å². The molecule has 9 heteroatoms. The number of sulfone groups is 1. The average Bonchev–Trinajstić information content (AvgIpc) is 2.47. The molecule has 0 saturated carbocycles. The number of halogens is 2. The second-order valence-electron chi connectivity index (χ2n) is 4.72. The van der Waals surface area contributed by atoms with Crippen molar-refractivity contribution >= 4 is 9.84 Å². The number of nitrogens with one attached hydrogen (secondary N) is 1. The van der Waals surface area contributed by atoms with Crippen LogP contribution in [-0.4, -0.2) is 44.8 Å². The molecule has 0 aliphatic rings. The van der Waals surface area contributed by atoms with Crippen molar-refractivity contribution in [2.75, 3.05) is 26.5 Å². The molecule has 0 aliphatic carbocycles. The first kappa shape index (κ1) is 17.2. The van der Waals surface area contributed by atoms with E-state index in [1.165, 1.54) is 6.20 Å². The van der Waals surface area contributed by atoms with E-state index in [1.807, 2.05) is 0 Å². The van der Waals surface area contributed by atoms with Crippen molar-refractivity contribution < 1.29 is 21.9 Å². The van der Waals surface area contributed by atoms with Crippen LogP contribution in [0.2, 0.25) is 0 Å². The molecule has 0 saturated heterocycles. The van der Waals surface area contributed by atoms with Gasteiger partial charge in [0.05, 0.1) is 22.9 Å². The van der Waals surface area contributed by atoms with Crippen molar-refractivity contribution in [3.8, 4) is 17.0 Å². The predicted octanol–water partition coefficient (Wildman–Crippen LogP) is 1.42. The van der Waals surface area contributed by atoms with Crippen LogP contribution in [0.3, 0.4) is 0 Å². The Labute approximate surface area is 132 Å². The maximum absolute atomic E-state index is 14.2. The second kappa shape index (κ2) is 6.97. The Balaban J connectivity index is 2.49. The molecule has 2 heterocycles. The molecule has 0 aromatic carbocycles. The van der Waals surface area contributed by atoms with E-state index < -0.39 is 21.5 Å². The van der Waals surface area contributed by atoms with E-state index in [0.717, 1.165) is 24.7 Å². The predicted molar refractivity (Wildman–Crippen MR) is 79.9 cm³/mol. The zero-order chi connectivity index (χ0) is 17.0. The second-order valence-corrected chi connectivity index (χ2v) is 6.74. The third kappa shape index (κ3) is 3.99. The van der Waals surface area contributed by atoms with E-state index in [1.54, 1.807) is 7.05 Å². The van der Waals surface area contributed by atoms with Gasteiger partial charge in [0.2, 0.25) is 0 Å². The standard InChI is InChI=1S/C14H15F2N3O3S/c1-17-3-4-22-12-8-18-7-11(16)13(12)14-10(15)5-9(6-19-14)23(2,20)21/h5-8,17H,3-4H2,1-2H3. The highest BCUT2D eigenvalue weighted by molar-refractivity contribution is 7.90. The summed E-state index contributed by atoms with van der Waals surface area (Å²) in [4.78, 5) is 7.13. The average molecular weight is 343 g/mol. The van der Waals surface area contributed by atoms with Gasteiger partial charge in [-0.25, -0.2) is 17.2 Å². The molecule has 2 aromatic heterocycles. The zero-order valence-electron chi connectivity index (χ0n) is 12.5. The molecule has 0 atom stereocenters. The van der Waals surface area contributed by atoms with Crippen molar-refractivity contribution in [2.45, 2.75) is 4.90 Å². The van der Waals surface area contributed by atoms with Crippen molar-refractivity contribution in [1.29, 1.82) is 0 Å². The number of pyridine rings is 2. The summed E-state index contributed by atoms with van der Waals surface area (Å²) in [5, 5.41) is 2.85. The lowest BCUT2D eigenvalue weighted by Gasteiger charge is -2.12. The number of aromatic nitrogens is 2. The lowest BCUT2D eigenvalue weighted by Crippen LogP contribution is -2.16. The minimum Gasteiger partial charge on any atom is -0.490 e. The summed E-state index contributed by atoms with van der Waals surface area (Å²) in [6, 6.07) is 0.801. The Morgan fingerprint density at radius 1 is 1.22 bits per heavy atom. The fourth-order valence-electron chi connectivity index (χ4n) is 1.83. The molecule has 0 bridgehead atoms. The number of nitrogens with zero attached hydrogens (tertiary/aromatic N) is 2. The summed E-state index contributed by atoms with van der Waals surface area (Å²) >= 11 is 0. The fraction of sp³-hybridized carbons (Fsp3) is 0.286. The summed E-state index contributed by atoms with van der Waals surface area (Å²) in [6.07, 6.45) is 4.07. The number of hydrogen-bond donors (Lipinski definition) is 1. The Morgan fingerprint density at radius 3 is 2.57 bits per heavy atom. The van der Waals surface area contributed by atoms with Crippen LogP contribution in [0.15, 0.2) is 29.6 Å². The molecule has 0 aliphatic heterocycles. The van der Waals surface area contributed by atoms with Crippen LogP contribution in [-0.2, 0) is 9.84 Å². The quantitative estimate of drug-likeness (QED) is 0.799. The first-order valence-electron chi connectivity index (χ1n) is 6.61. The Hall–Kier alpha value is -2.13. The first-order chi connectivity index (χ1) is 10.8. The number of likely N-dealkylation sites (N-methyl/N-ethyl adjacent to an activating group) is 1. The lowest BCUT2D eigenvalue weighted by atomic mass is 10.1. The van der Waals surface area contributed by atoms with E-state index in [0.29, 0.717) is 6.54 Å². The highest BCUT2D eigenvalue weighted by atomic mass is 32.2. The van der Waals surface area contributed by atoms with Crippen molar-refractivity contribution in [2.24, 2.45) is 0 Å². The van der Waals surface area contributed by atoms with Gasteiger partial charge in [0.15, 0.2) is 21.5 Å². The summed E-state index contributed by atoms with van der Waals surface area (Å²) in [6.45, 7) is 0.719. The van der Waals surface area contributed by atoms with Crippen LogP contribution >= 0.6 is 0 Å². The highest BCUT2D eigenvalue weighted by Gasteiger charge is 2.20. The summed E-state index contributed by atoms with van der Waals surface area (Å²) in [5.41, 5.74) is -0.537. The van der Waals surface area contributed by atoms with E-state index in [-0.39, 0.29) is 28.5 Å². The van der Waals surface area contributed by atoms with Crippen LogP contribution in [0.1, 0.15) is 0 Å². The molecule has 23 heavy (non-hydrogen) atoms. The maximum atomic E-state index is 14.2. The van der Waals surface area contributed by atoms with Gasteiger partial charge >= 0.3 is 0 Å². The van der Waals surface area contributed by atoms with Crippen LogP contribution in [0.25, 0.3) is 11.3 Å². The van der Waals surface area contributed by atoms with Gasteiger partial charge in [0, 0.05) is 19.0 Å². The zero-order valence-corrected chi connectivity index (χ0v) is 13.3.